The number of hydrogen-bond donors (Lipinski definition) is 1. The summed E-state index contributed by atoms with van der Waals surface area (Å²) < 4.78 is 10.8. The minimum absolute atomic E-state index is 0.353. The molecule has 1 aliphatic heterocycles. The van der Waals surface area contributed by atoms with Gasteiger partial charge in [-0.1, -0.05) is 19.1 Å². The van der Waals surface area contributed by atoms with Gasteiger partial charge in [0.2, 0.25) is 6.79 Å². The second kappa shape index (κ2) is 3.42. The minimum atomic E-state index is 0.353. The molecule has 0 radical (unpaired) electrons. The molecule has 15 heavy (non-hydrogen) atoms. The molecule has 2 unspecified atom stereocenters. The van der Waals surface area contributed by atoms with Crippen LogP contribution >= 0.6 is 0 Å². The smallest absolute Gasteiger partial charge is 0.231 e. The molecule has 1 N–H and O–H groups in total. The molecule has 0 bridgehead atoms. The maximum absolute atomic E-state index is 5.45. The summed E-state index contributed by atoms with van der Waals surface area (Å²) in [5.74, 6) is 2.62. The maximum Gasteiger partial charge on any atom is 0.231 e. The van der Waals surface area contributed by atoms with Crippen LogP contribution in [0.2, 0.25) is 0 Å². The number of hydrogen-bond acceptors (Lipinski definition) is 3. The van der Waals surface area contributed by atoms with Gasteiger partial charge >= 0.3 is 0 Å². The average molecular weight is 205 g/mol. The van der Waals surface area contributed by atoms with E-state index in [2.05, 4.69) is 18.3 Å². The van der Waals surface area contributed by atoms with Gasteiger partial charge in [0.05, 0.1) is 0 Å². The van der Waals surface area contributed by atoms with Crippen molar-refractivity contribution in [2.45, 2.75) is 25.9 Å². The highest BCUT2D eigenvalue weighted by atomic mass is 16.7. The molecule has 3 nitrogen and oxygen atoms in total. The largest absolute Gasteiger partial charge is 0.454 e. The molecule has 0 saturated heterocycles. The first kappa shape index (κ1) is 9.04. The van der Waals surface area contributed by atoms with Gasteiger partial charge in [-0.3, -0.25) is 0 Å². The summed E-state index contributed by atoms with van der Waals surface area (Å²) >= 11 is 0. The number of nitrogens with one attached hydrogen (secondary N) is 1. The lowest BCUT2D eigenvalue weighted by Crippen LogP contribution is -2.17. The van der Waals surface area contributed by atoms with Crippen LogP contribution in [0.25, 0.3) is 0 Å². The fraction of sp³-hybridized carbons (Fsp3) is 0.500. The van der Waals surface area contributed by atoms with Crippen LogP contribution < -0.4 is 14.8 Å². The van der Waals surface area contributed by atoms with E-state index in [1.807, 2.05) is 12.1 Å². The van der Waals surface area contributed by atoms with Gasteiger partial charge in [-0.25, -0.2) is 0 Å². The zero-order valence-electron chi connectivity index (χ0n) is 8.82. The molecular weight excluding hydrogens is 190 g/mol. The lowest BCUT2D eigenvalue weighted by Gasteiger charge is -2.06. The maximum atomic E-state index is 5.45. The Labute approximate surface area is 89.4 Å². The summed E-state index contributed by atoms with van der Waals surface area (Å²) in [4.78, 5) is 0. The molecule has 0 spiro atoms. The van der Waals surface area contributed by atoms with Gasteiger partial charge in [0.25, 0.3) is 0 Å². The first-order valence-electron chi connectivity index (χ1n) is 5.45. The fourth-order valence-corrected chi connectivity index (χ4v) is 1.98. The number of benzene rings is 1. The lowest BCUT2D eigenvalue weighted by molar-refractivity contribution is 0.173. The van der Waals surface area contributed by atoms with Gasteiger partial charge < -0.3 is 14.8 Å². The molecule has 3 rings (SSSR count). The molecule has 1 saturated carbocycles. The number of rotatable bonds is 3. The first-order chi connectivity index (χ1) is 7.34. The van der Waals surface area contributed by atoms with Crippen molar-refractivity contribution in [2.75, 3.05) is 6.79 Å². The molecule has 1 aromatic carbocycles. The Hall–Kier alpha value is -1.22. The molecule has 1 heterocycles. The second-order valence-corrected chi connectivity index (χ2v) is 4.35. The normalized spacial score (nSPS) is 26.7. The molecule has 1 aliphatic carbocycles. The van der Waals surface area contributed by atoms with Crippen LogP contribution in [-0.2, 0) is 6.54 Å². The van der Waals surface area contributed by atoms with Gasteiger partial charge in [0, 0.05) is 18.2 Å². The van der Waals surface area contributed by atoms with E-state index < -0.39 is 0 Å². The van der Waals surface area contributed by atoms with Crippen molar-refractivity contribution in [3.63, 3.8) is 0 Å². The van der Waals surface area contributed by atoms with Crippen LogP contribution in [0.3, 0.4) is 0 Å². The summed E-state index contributed by atoms with van der Waals surface area (Å²) in [6.07, 6.45) is 1.30. The van der Waals surface area contributed by atoms with Crippen molar-refractivity contribution in [1.82, 2.24) is 5.32 Å². The quantitative estimate of drug-likeness (QED) is 0.817. The number of ether oxygens (including phenoxy) is 2. The standard InChI is InChI=1S/C12H15NO2/c1-8-5-10(8)13-6-9-3-2-4-11-12(9)15-7-14-11/h2-4,8,10,13H,5-7H2,1H3. The molecule has 2 atom stereocenters. The Morgan fingerprint density at radius 2 is 2.27 bits per heavy atom. The monoisotopic (exact) mass is 205 g/mol. The van der Waals surface area contributed by atoms with E-state index in [1.165, 1.54) is 12.0 Å². The Balaban J connectivity index is 1.72. The topological polar surface area (TPSA) is 30.5 Å². The van der Waals surface area contributed by atoms with Crippen molar-refractivity contribution in [3.05, 3.63) is 23.8 Å². The number of fused-ring (bicyclic) bond motifs is 1. The van der Waals surface area contributed by atoms with E-state index in [4.69, 9.17) is 9.47 Å². The van der Waals surface area contributed by atoms with Crippen molar-refractivity contribution in [3.8, 4) is 11.5 Å². The number of para-hydroxylation sites is 1. The van der Waals surface area contributed by atoms with Crippen molar-refractivity contribution in [2.24, 2.45) is 5.92 Å². The molecule has 3 heteroatoms. The first-order valence-corrected chi connectivity index (χ1v) is 5.45. The zero-order valence-corrected chi connectivity index (χ0v) is 8.82. The van der Waals surface area contributed by atoms with Crippen molar-refractivity contribution in [1.29, 1.82) is 0 Å². The van der Waals surface area contributed by atoms with Gasteiger partial charge in [-0.2, -0.15) is 0 Å². The molecule has 2 aliphatic rings. The summed E-state index contributed by atoms with van der Waals surface area (Å²) in [6, 6.07) is 6.75. The van der Waals surface area contributed by atoms with Crippen molar-refractivity contribution >= 4 is 0 Å². The third-order valence-corrected chi connectivity index (χ3v) is 3.14. The van der Waals surface area contributed by atoms with Crippen molar-refractivity contribution < 1.29 is 9.47 Å². The lowest BCUT2D eigenvalue weighted by atomic mass is 10.2. The van der Waals surface area contributed by atoms with E-state index in [0.29, 0.717) is 12.8 Å². The highest BCUT2D eigenvalue weighted by Gasteiger charge is 2.32. The molecule has 1 aromatic rings. The van der Waals surface area contributed by atoms with Crippen LogP contribution in [0.5, 0.6) is 11.5 Å². The highest BCUT2D eigenvalue weighted by molar-refractivity contribution is 5.48. The molecule has 0 amide bonds. The molecule has 0 aromatic heterocycles. The Morgan fingerprint density at radius 1 is 1.40 bits per heavy atom. The van der Waals surface area contributed by atoms with E-state index >= 15 is 0 Å². The SMILES string of the molecule is CC1CC1NCc1cccc2c1OCO2. The Bertz CT molecular complexity index is 378. The summed E-state index contributed by atoms with van der Waals surface area (Å²) in [5, 5.41) is 3.52. The van der Waals surface area contributed by atoms with E-state index in [0.717, 1.165) is 24.0 Å². The van der Waals surface area contributed by atoms with Gasteiger partial charge in [0.1, 0.15) is 0 Å². The van der Waals surface area contributed by atoms with E-state index in [-0.39, 0.29) is 0 Å². The molecular formula is C12H15NO2. The third-order valence-electron chi connectivity index (χ3n) is 3.14. The van der Waals surface area contributed by atoms with Gasteiger partial charge in [-0.05, 0) is 18.4 Å². The summed E-state index contributed by atoms with van der Waals surface area (Å²) in [7, 11) is 0. The van der Waals surface area contributed by atoms with Crippen LogP contribution in [0.4, 0.5) is 0 Å². The van der Waals surface area contributed by atoms with Crippen LogP contribution in [0, 0.1) is 5.92 Å². The predicted molar refractivity (Wildman–Crippen MR) is 57.0 cm³/mol. The molecule has 80 valence electrons. The van der Waals surface area contributed by atoms with Gasteiger partial charge in [-0.15, -0.1) is 0 Å². The Kier molecular flexibility index (Phi) is 2.06. The fourth-order valence-electron chi connectivity index (χ4n) is 1.98. The van der Waals surface area contributed by atoms with E-state index in [9.17, 15) is 0 Å². The predicted octanol–water partition coefficient (Wildman–Crippen LogP) is 1.91. The second-order valence-electron chi connectivity index (χ2n) is 4.35. The third kappa shape index (κ3) is 1.67. The van der Waals surface area contributed by atoms with Crippen LogP contribution in [-0.4, -0.2) is 12.8 Å². The van der Waals surface area contributed by atoms with Crippen LogP contribution in [0.15, 0.2) is 18.2 Å². The summed E-state index contributed by atoms with van der Waals surface area (Å²) in [5.41, 5.74) is 1.20. The average Bonchev–Trinajstić information content (AvgIpc) is 2.78. The highest BCUT2D eigenvalue weighted by Crippen LogP contribution is 2.36. The van der Waals surface area contributed by atoms with Crippen LogP contribution in [0.1, 0.15) is 18.9 Å². The minimum Gasteiger partial charge on any atom is -0.454 e. The summed E-state index contributed by atoms with van der Waals surface area (Å²) in [6.45, 7) is 3.50. The molecule has 1 fully saturated rings. The van der Waals surface area contributed by atoms with Gasteiger partial charge in [0.15, 0.2) is 11.5 Å². The Morgan fingerprint density at radius 3 is 3.07 bits per heavy atom. The van der Waals surface area contributed by atoms with E-state index in [1.54, 1.807) is 0 Å². The zero-order chi connectivity index (χ0) is 10.3.